The molecule has 4 aromatic rings. The maximum absolute atomic E-state index is 13.9. The third-order valence-electron chi connectivity index (χ3n) is 4.35. The minimum atomic E-state index is -0.418. The predicted molar refractivity (Wildman–Crippen MR) is 123 cm³/mol. The first kappa shape index (κ1) is 21.3. The first-order valence-electron chi connectivity index (χ1n) is 9.18. The number of benzene rings is 3. The van der Waals surface area contributed by atoms with Crippen molar-refractivity contribution in [1.29, 1.82) is 0 Å². The molecule has 0 fully saturated rings. The molecular formula is C23H15Cl2FN2O2S. The molecule has 4 nitrogen and oxygen atoms in total. The van der Waals surface area contributed by atoms with Gasteiger partial charge in [-0.2, -0.15) is 0 Å². The fourth-order valence-corrected chi connectivity index (χ4v) is 4.02. The van der Waals surface area contributed by atoms with E-state index >= 15 is 0 Å². The Kier molecular flexibility index (Phi) is 6.51. The van der Waals surface area contributed by atoms with Crippen LogP contribution in [0.3, 0.4) is 0 Å². The van der Waals surface area contributed by atoms with E-state index in [0.717, 1.165) is 5.56 Å². The summed E-state index contributed by atoms with van der Waals surface area (Å²) in [6.45, 7) is 0.000119. The number of hydrogen-bond acceptors (Lipinski definition) is 4. The number of carbonyl (C=O) groups is 1. The van der Waals surface area contributed by atoms with Gasteiger partial charge in [-0.1, -0.05) is 47.5 Å². The van der Waals surface area contributed by atoms with Crippen molar-refractivity contribution >= 4 is 46.1 Å². The van der Waals surface area contributed by atoms with Gasteiger partial charge < -0.3 is 10.1 Å². The molecule has 4 rings (SSSR count). The van der Waals surface area contributed by atoms with E-state index in [-0.39, 0.29) is 12.5 Å². The fraction of sp³-hybridized carbons (Fsp3) is 0.0435. The lowest BCUT2D eigenvalue weighted by Crippen LogP contribution is -2.12. The Labute approximate surface area is 192 Å². The van der Waals surface area contributed by atoms with Crippen LogP contribution in [0.15, 0.2) is 72.1 Å². The Morgan fingerprint density at radius 3 is 2.68 bits per heavy atom. The lowest BCUT2D eigenvalue weighted by molar-refractivity contribution is 0.102. The molecule has 1 heterocycles. The lowest BCUT2D eigenvalue weighted by Gasteiger charge is -2.09. The normalized spacial score (nSPS) is 10.7. The van der Waals surface area contributed by atoms with Crippen LogP contribution in [-0.2, 0) is 6.61 Å². The molecule has 0 aliphatic carbocycles. The van der Waals surface area contributed by atoms with Gasteiger partial charge in [0.1, 0.15) is 28.9 Å². The second-order valence-corrected chi connectivity index (χ2v) is 8.22. The topological polar surface area (TPSA) is 51.2 Å². The molecule has 0 atom stereocenters. The summed E-state index contributed by atoms with van der Waals surface area (Å²) < 4.78 is 19.7. The molecule has 0 saturated heterocycles. The molecule has 156 valence electrons. The van der Waals surface area contributed by atoms with Crippen molar-refractivity contribution in [3.63, 3.8) is 0 Å². The van der Waals surface area contributed by atoms with Crippen molar-refractivity contribution in [2.45, 2.75) is 6.61 Å². The van der Waals surface area contributed by atoms with Gasteiger partial charge in [0, 0.05) is 27.2 Å². The zero-order chi connectivity index (χ0) is 21.8. The Hall–Kier alpha value is -2.93. The SMILES string of the molecule is O=C(Nc1cccc(Cl)c1)c1csc(-c2cccc(OCc3c(F)cccc3Cl)c2)n1. The average Bonchev–Trinajstić information content (AvgIpc) is 3.24. The fourth-order valence-electron chi connectivity index (χ4n) is 2.82. The maximum atomic E-state index is 13.9. The van der Waals surface area contributed by atoms with Gasteiger partial charge in [0.05, 0.1) is 5.02 Å². The Morgan fingerprint density at radius 1 is 1.06 bits per heavy atom. The highest BCUT2D eigenvalue weighted by Crippen LogP contribution is 2.28. The third-order valence-corrected chi connectivity index (χ3v) is 5.83. The molecule has 8 heteroatoms. The second kappa shape index (κ2) is 9.47. The van der Waals surface area contributed by atoms with Gasteiger partial charge in [0.25, 0.3) is 5.91 Å². The zero-order valence-electron chi connectivity index (χ0n) is 15.9. The number of carbonyl (C=O) groups excluding carboxylic acids is 1. The van der Waals surface area contributed by atoms with Crippen LogP contribution < -0.4 is 10.1 Å². The first-order chi connectivity index (χ1) is 15.0. The molecule has 0 aliphatic heterocycles. The van der Waals surface area contributed by atoms with Gasteiger partial charge in [0.2, 0.25) is 0 Å². The summed E-state index contributed by atoms with van der Waals surface area (Å²) in [7, 11) is 0. The van der Waals surface area contributed by atoms with E-state index in [1.54, 1.807) is 60.0 Å². The number of hydrogen-bond donors (Lipinski definition) is 1. The molecule has 31 heavy (non-hydrogen) atoms. The van der Waals surface area contributed by atoms with Crippen molar-refractivity contribution < 1.29 is 13.9 Å². The van der Waals surface area contributed by atoms with Gasteiger partial charge in [-0.05, 0) is 42.5 Å². The molecule has 1 amide bonds. The van der Waals surface area contributed by atoms with Gasteiger partial charge in [0.15, 0.2) is 0 Å². The summed E-state index contributed by atoms with van der Waals surface area (Å²) in [5.41, 5.74) is 1.96. The summed E-state index contributed by atoms with van der Waals surface area (Å²) in [4.78, 5) is 16.9. The minimum Gasteiger partial charge on any atom is -0.489 e. The number of amides is 1. The summed E-state index contributed by atoms with van der Waals surface area (Å²) >= 11 is 13.3. The standard InChI is InChI=1S/C23H15Cl2FN2O2S/c24-15-5-2-6-16(11-15)27-22(29)21-13-31-23(28-21)14-4-1-7-17(10-14)30-12-18-19(25)8-3-9-20(18)26/h1-11,13H,12H2,(H,27,29). The van der Waals surface area contributed by atoms with E-state index in [0.29, 0.717) is 37.7 Å². The van der Waals surface area contributed by atoms with Gasteiger partial charge >= 0.3 is 0 Å². The Bertz CT molecular complexity index is 1230. The molecule has 0 radical (unpaired) electrons. The van der Waals surface area contributed by atoms with Gasteiger partial charge in [-0.15, -0.1) is 11.3 Å². The monoisotopic (exact) mass is 472 g/mol. The number of halogens is 3. The third kappa shape index (κ3) is 5.22. The molecule has 3 aromatic carbocycles. The molecule has 0 saturated carbocycles. The van der Waals surface area contributed by atoms with Crippen molar-refractivity contribution in [3.05, 3.63) is 99.2 Å². The van der Waals surface area contributed by atoms with Crippen molar-refractivity contribution in [3.8, 4) is 16.3 Å². The number of rotatable bonds is 6. The Morgan fingerprint density at radius 2 is 1.87 bits per heavy atom. The maximum Gasteiger partial charge on any atom is 0.275 e. The van der Waals surface area contributed by atoms with Crippen LogP contribution in [0.25, 0.3) is 10.6 Å². The van der Waals surface area contributed by atoms with Crippen LogP contribution in [0.1, 0.15) is 16.1 Å². The molecule has 0 spiro atoms. The highest BCUT2D eigenvalue weighted by atomic mass is 35.5. The second-order valence-electron chi connectivity index (χ2n) is 6.52. The van der Waals surface area contributed by atoms with Gasteiger partial charge in [-0.25, -0.2) is 9.37 Å². The van der Waals surface area contributed by atoms with Crippen LogP contribution >= 0.6 is 34.5 Å². The average molecular weight is 473 g/mol. The molecule has 0 bridgehead atoms. The molecule has 1 aromatic heterocycles. The Balaban J connectivity index is 1.47. The van der Waals surface area contributed by atoms with E-state index in [1.807, 2.05) is 6.07 Å². The van der Waals surface area contributed by atoms with Crippen molar-refractivity contribution in [2.75, 3.05) is 5.32 Å². The number of aromatic nitrogens is 1. The highest BCUT2D eigenvalue weighted by Gasteiger charge is 2.13. The number of ether oxygens (including phenoxy) is 1. The molecule has 0 aliphatic rings. The van der Waals surface area contributed by atoms with Crippen LogP contribution in [0.5, 0.6) is 5.75 Å². The smallest absolute Gasteiger partial charge is 0.275 e. The van der Waals surface area contributed by atoms with Crippen LogP contribution in [0.2, 0.25) is 10.0 Å². The van der Waals surface area contributed by atoms with Gasteiger partial charge in [-0.3, -0.25) is 4.79 Å². The highest BCUT2D eigenvalue weighted by molar-refractivity contribution is 7.13. The minimum absolute atomic E-state index is 0.000119. The largest absolute Gasteiger partial charge is 0.489 e. The van der Waals surface area contributed by atoms with Crippen LogP contribution in [-0.4, -0.2) is 10.9 Å². The number of thiazole rings is 1. The lowest BCUT2D eigenvalue weighted by atomic mass is 10.2. The number of nitrogens with zero attached hydrogens (tertiary/aromatic N) is 1. The zero-order valence-corrected chi connectivity index (χ0v) is 18.3. The molecular weight excluding hydrogens is 458 g/mol. The van der Waals surface area contributed by atoms with Crippen LogP contribution in [0.4, 0.5) is 10.1 Å². The van der Waals surface area contributed by atoms with E-state index in [9.17, 15) is 9.18 Å². The number of nitrogens with one attached hydrogen (secondary N) is 1. The van der Waals surface area contributed by atoms with Crippen molar-refractivity contribution in [2.24, 2.45) is 0 Å². The van der Waals surface area contributed by atoms with Crippen molar-refractivity contribution in [1.82, 2.24) is 4.98 Å². The first-order valence-corrected chi connectivity index (χ1v) is 10.8. The summed E-state index contributed by atoms with van der Waals surface area (Å²) in [5.74, 6) is -0.206. The summed E-state index contributed by atoms with van der Waals surface area (Å²) in [6.07, 6.45) is 0. The van der Waals surface area contributed by atoms with E-state index in [2.05, 4.69) is 10.3 Å². The molecule has 1 N–H and O–H groups in total. The van der Waals surface area contributed by atoms with E-state index in [1.165, 1.54) is 17.4 Å². The quantitative estimate of drug-likeness (QED) is 0.325. The van der Waals surface area contributed by atoms with E-state index < -0.39 is 5.82 Å². The summed E-state index contributed by atoms with van der Waals surface area (Å²) in [5, 5.41) is 5.96. The molecule has 0 unspecified atom stereocenters. The van der Waals surface area contributed by atoms with Crippen LogP contribution in [0, 0.1) is 5.82 Å². The summed E-state index contributed by atoms with van der Waals surface area (Å²) in [6, 6.07) is 18.6. The van der Waals surface area contributed by atoms with E-state index in [4.69, 9.17) is 27.9 Å². The predicted octanol–water partition coefficient (Wildman–Crippen LogP) is 7.09. The number of anilines is 1.